The summed E-state index contributed by atoms with van der Waals surface area (Å²) in [5.74, 6) is 0. The third-order valence-electron chi connectivity index (χ3n) is 3.56. The summed E-state index contributed by atoms with van der Waals surface area (Å²) in [6.45, 7) is 9.64. The number of aryl methyl sites for hydroxylation is 1. The second-order valence-corrected chi connectivity index (χ2v) is 7.27. The molecule has 0 aliphatic rings. The maximum atomic E-state index is 9.16. The number of hydrogen-bond acceptors (Lipinski definition) is 4. The number of aromatic nitrogens is 3. The number of rotatable bonds is 7. The number of pyridine rings is 1. The molecule has 0 spiro atoms. The molecule has 0 saturated carbocycles. The molecule has 2 aromatic rings. The molecule has 5 nitrogen and oxygen atoms in total. The van der Waals surface area contributed by atoms with Gasteiger partial charge in [0.25, 0.3) is 0 Å². The lowest BCUT2D eigenvalue weighted by molar-refractivity contribution is 0.166. The highest BCUT2D eigenvalue weighted by molar-refractivity contribution is 5.61. The Kier molecular flexibility index (Phi) is 5.91. The number of nitrogens with zero attached hydrogens (tertiary/aromatic N) is 4. The topological polar surface area (TPSA) is 54.2 Å². The number of hydrogen-bond donors (Lipinski definition) is 1. The fourth-order valence-electron chi connectivity index (χ4n) is 2.82. The van der Waals surface area contributed by atoms with Gasteiger partial charge in [-0.1, -0.05) is 20.8 Å². The molecule has 0 fully saturated rings. The monoisotopic (exact) mass is 316 g/mol. The van der Waals surface area contributed by atoms with Crippen molar-refractivity contribution in [2.75, 3.05) is 19.7 Å². The van der Waals surface area contributed by atoms with Crippen LogP contribution in [0, 0.1) is 5.41 Å². The van der Waals surface area contributed by atoms with E-state index in [-0.39, 0.29) is 12.0 Å². The van der Waals surface area contributed by atoms with Gasteiger partial charge in [-0.05, 0) is 24.0 Å². The average molecular weight is 316 g/mol. The van der Waals surface area contributed by atoms with Gasteiger partial charge in [0, 0.05) is 63.0 Å². The molecule has 0 radical (unpaired) electrons. The Hall–Kier alpha value is -1.72. The van der Waals surface area contributed by atoms with Crippen LogP contribution in [-0.4, -0.2) is 44.5 Å². The molecule has 0 aliphatic heterocycles. The zero-order valence-corrected chi connectivity index (χ0v) is 14.7. The summed E-state index contributed by atoms with van der Waals surface area (Å²) in [7, 11) is 1.95. The second-order valence-electron chi connectivity index (χ2n) is 7.27. The molecule has 126 valence electrons. The van der Waals surface area contributed by atoms with E-state index in [2.05, 4.69) is 42.0 Å². The molecule has 23 heavy (non-hydrogen) atoms. The minimum absolute atomic E-state index is 0.214. The smallest absolute Gasteiger partial charge is 0.0983 e. The van der Waals surface area contributed by atoms with Crippen LogP contribution in [0.4, 0.5) is 0 Å². The molecule has 0 aliphatic carbocycles. The summed E-state index contributed by atoms with van der Waals surface area (Å²) in [5, 5.41) is 13.8. The lowest BCUT2D eigenvalue weighted by Crippen LogP contribution is -2.33. The summed E-state index contributed by atoms with van der Waals surface area (Å²) >= 11 is 0. The van der Waals surface area contributed by atoms with E-state index in [9.17, 15) is 0 Å². The van der Waals surface area contributed by atoms with Gasteiger partial charge in [0.2, 0.25) is 0 Å². The highest BCUT2D eigenvalue weighted by Gasteiger charge is 2.19. The first-order chi connectivity index (χ1) is 10.9. The van der Waals surface area contributed by atoms with Gasteiger partial charge in [0.1, 0.15) is 0 Å². The highest BCUT2D eigenvalue weighted by atomic mass is 16.3. The SMILES string of the molecule is Cn1cc(CN(CCCO)CC(C)(C)C)c(-c2cccnc2)n1. The second kappa shape index (κ2) is 7.70. The van der Waals surface area contributed by atoms with Gasteiger partial charge in [-0.3, -0.25) is 14.6 Å². The van der Waals surface area contributed by atoms with Crippen LogP contribution in [0.15, 0.2) is 30.7 Å². The summed E-state index contributed by atoms with van der Waals surface area (Å²) in [4.78, 5) is 6.60. The third kappa shape index (κ3) is 5.44. The van der Waals surface area contributed by atoms with E-state index in [1.807, 2.05) is 30.1 Å². The van der Waals surface area contributed by atoms with E-state index in [1.165, 1.54) is 5.56 Å². The number of aliphatic hydroxyl groups excluding tert-OH is 1. The molecule has 1 N–H and O–H groups in total. The molecule has 2 aromatic heterocycles. The Morgan fingerprint density at radius 3 is 2.70 bits per heavy atom. The van der Waals surface area contributed by atoms with Crippen molar-refractivity contribution in [3.63, 3.8) is 0 Å². The Morgan fingerprint density at radius 1 is 1.30 bits per heavy atom. The molecule has 0 unspecified atom stereocenters. The van der Waals surface area contributed by atoms with Gasteiger partial charge < -0.3 is 5.11 Å². The van der Waals surface area contributed by atoms with Crippen LogP contribution in [0.1, 0.15) is 32.8 Å². The van der Waals surface area contributed by atoms with Crippen molar-refractivity contribution in [2.45, 2.75) is 33.7 Å². The molecule has 0 bridgehead atoms. The highest BCUT2D eigenvalue weighted by Crippen LogP contribution is 2.24. The first kappa shape index (κ1) is 17.6. The number of aliphatic hydroxyl groups is 1. The maximum absolute atomic E-state index is 9.16. The molecular formula is C18H28N4O. The van der Waals surface area contributed by atoms with E-state index in [1.54, 1.807) is 6.20 Å². The van der Waals surface area contributed by atoms with Crippen molar-refractivity contribution in [2.24, 2.45) is 12.5 Å². The van der Waals surface area contributed by atoms with Crippen molar-refractivity contribution >= 4 is 0 Å². The summed E-state index contributed by atoms with van der Waals surface area (Å²) in [5.41, 5.74) is 3.44. The van der Waals surface area contributed by atoms with Gasteiger partial charge in [0.05, 0.1) is 5.69 Å². The summed E-state index contributed by atoms with van der Waals surface area (Å²) < 4.78 is 1.86. The van der Waals surface area contributed by atoms with Crippen molar-refractivity contribution in [1.29, 1.82) is 0 Å². The van der Waals surface area contributed by atoms with Gasteiger partial charge in [-0.25, -0.2) is 0 Å². The van der Waals surface area contributed by atoms with Crippen LogP contribution >= 0.6 is 0 Å². The van der Waals surface area contributed by atoms with Gasteiger partial charge in [-0.2, -0.15) is 5.10 Å². The largest absolute Gasteiger partial charge is 0.396 e. The first-order valence-corrected chi connectivity index (χ1v) is 8.15. The van der Waals surface area contributed by atoms with Crippen LogP contribution in [0.5, 0.6) is 0 Å². The lowest BCUT2D eigenvalue weighted by Gasteiger charge is -2.29. The van der Waals surface area contributed by atoms with Crippen molar-refractivity contribution in [3.05, 3.63) is 36.3 Å². The van der Waals surface area contributed by atoms with Gasteiger partial charge in [-0.15, -0.1) is 0 Å². The van der Waals surface area contributed by atoms with Gasteiger partial charge in [0.15, 0.2) is 0 Å². The van der Waals surface area contributed by atoms with Crippen molar-refractivity contribution in [1.82, 2.24) is 19.7 Å². The van der Waals surface area contributed by atoms with Crippen molar-refractivity contribution in [3.8, 4) is 11.3 Å². The first-order valence-electron chi connectivity index (χ1n) is 8.15. The van der Waals surface area contributed by atoms with Crippen LogP contribution in [-0.2, 0) is 13.6 Å². The molecule has 0 saturated heterocycles. The predicted molar refractivity (Wildman–Crippen MR) is 92.9 cm³/mol. The fourth-order valence-corrected chi connectivity index (χ4v) is 2.82. The van der Waals surface area contributed by atoms with Crippen LogP contribution in [0.2, 0.25) is 0 Å². The predicted octanol–water partition coefficient (Wildman–Crippen LogP) is 2.71. The fraction of sp³-hybridized carbons (Fsp3) is 0.556. The third-order valence-corrected chi connectivity index (χ3v) is 3.56. The van der Waals surface area contributed by atoms with E-state index in [0.29, 0.717) is 0 Å². The minimum Gasteiger partial charge on any atom is -0.396 e. The van der Waals surface area contributed by atoms with E-state index >= 15 is 0 Å². The lowest BCUT2D eigenvalue weighted by atomic mass is 9.95. The molecular weight excluding hydrogens is 288 g/mol. The summed E-state index contributed by atoms with van der Waals surface area (Å²) in [6.07, 6.45) is 6.50. The molecule has 0 amide bonds. The average Bonchev–Trinajstić information content (AvgIpc) is 2.85. The van der Waals surface area contributed by atoms with Crippen molar-refractivity contribution < 1.29 is 5.11 Å². The Morgan fingerprint density at radius 2 is 2.09 bits per heavy atom. The Balaban J connectivity index is 2.22. The van der Waals surface area contributed by atoms with Crippen LogP contribution < -0.4 is 0 Å². The van der Waals surface area contributed by atoms with Gasteiger partial charge >= 0.3 is 0 Å². The van der Waals surface area contributed by atoms with E-state index in [0.717, 1.165) is 37.3 Å². The summed E-state index contributed by atoms with van der Waals surface area (Å²) in [6, 6.07) is 3.98. The zero-order valence-electron chi connectivity index (χ0n) is 14.7. The van der Waals surface area contributed by atoms with Crippen LogP contribution in [0.25, 0.3) is 11.3 Å². The zero-order chi connectivity index (χ0) is 16.9. The Bertz CT molecular complexity index is 601. The quantitative estimate of drug-likeness (QED) is 0.853. The molecule has 0 atom stereocenters. The minimum atomic E-state index is 0.214. The standard InChI is InChI=1S/C18H28N4O/c1-18(2,3)14-22(9-6-10-23)13-16-12-21(4)20-17(16)15-7-5-8-19-11-15/h5,7-8,11-12,23H,6,9-10,13-14H2,1-4H3. The molecule has 2 rings (SSSR count). The van der Waals surface area contributed by atoms with Crippen LogP contribution in [0.3, 0.4) is 0 Å². The van der Waals surface area contributed by atoms with E-state index < -0.39 is 0 Å². The maximum Gasteiger partial charge on any atom is 0.0983 e. The molecule has 0 aromatic carbocycles. The van der Waals surface area contributed by atoms with E-state index in [4.69, 9.17) is 5.11 Å². The molecule has 2 heterocycles. The Labute approximate surface area is 139 Å². The normalized spacial score (nSPS) is 12.1. The molecule has 5 heteroatoms.